The molecule has 33 heavy (non-hydrogen) atoms. The molecule has 2 heterocycles. The average Bonchev–Trinajstić information content (AvgIpc) is 2.79. The van der Waals surface area contributed by atoms with E-state index in [1.54, 1.807) is 6.20 Å². The molecule has 1 fully saturated rings. The van der Waals surface area contributed by atoms with E-state index in [2.05, 4.69) is 25.9 Å². The van der Waals surface area contributed by atoms with Crippen LogP contribution in [-0.2, 0) is 16.0 Å². The highest BCUT2D eigenvalue weighted by Crippen LogP contribution is 2.47. The normalized spacial score (nSPS) is 18.2. The fourth-order valence-corrected chi connectivity index (χ4v) is 5.21. The number of nitrogens with zero attached hydrogens (tertiary/aromatic N) is 2. The van der Waals surface area contributed by atoms with E-state index in [1.165, 1.54) is 0 Å². The van der Waals surface area contributed by atoms with Crippen LogP contribution in [0.3, 0.4) is 0 Å². The van der Waals surface area contributed by atoms with Gasteiger partial charge in [-0.05, 0) is 66.1 Å². The third-order valence-electron chi connectivity index (χ3n) is 6.64. The summed E-state index contributed by atoms with van der Waals surface area (Å²) in [5, 5.41) is 11.0. The highest BCUT2D eigenvalue weighted by Gasteiger charge is 2.41. The summed E-state index contributed by atoms with van der Waals surface area (Å²) in [5.74, 6) is 1.08. The largest absolute Gasteiger partial charge is 0.512 e. The molecule has 1 aliphatic heterocycles. The second-order valence-electron chi connectivity index (χ2n) is 8.83. The van der Waals surface area contributed by atoms with Gasteiger partial charge in [-0.3, -0.25) is 4.79 Å². The van der Waals surface area contributed by atoms with Crippen molar-refractivity contribution in [2.45, 2.75) is 39.0 Å². The van der Waals surface area contributed by atoms with E-state index in [9.17, 15) is 9.90 Å². The first-order chi connectivity index (χ1) is 16.0. The summed E-state index contributed by atoms with van der Waals surface area (Å²) in [4.78, 5) is 22.2. The number of hydrogen-bond acceptors (Lipinski definition) is 6. The van der Waals surface area contributed by atoms with Crippen LogP contribution in [-0.4, -0.2) is 34.1 Å². The standard InChI is InChI=1S/C26H25BrN2O4/c1-2-16-3-5-18(33-24-15-28-20-6-4-17(27)11-21(20)29-24)12-19(16)25-22(30)13-26(14-23(25)31)7-9-32-10-8-26/h3-6,11-12,15,30H,2,7-10,13-14H2,1H3. The molecule has 0 atom stereocenters. The number of Topliss-reactive ketones (excluding diaryl/α,β-unsaturated/α-hetero) is 1. The zero-order valence-corrected chi connectivity index (χ0v) is 20.0. The molecular weight excluding hydrogens is 484 g/mol. The number of benzene rings is 2. The Balaban J connectivity index is 1.49. The fourth-order valence-electron chi connectivity index (χ4n) is 4.86. The van der Waals surface area contributed by atoms with Crippen LogP contribution in [0, 0.1) is 5.41 Å². The minimum atomic E-state index is -0.182. The van der Waals surface area contributed by atoms with Gasteiger partial charge in [0.2, 0.25) is 5.88 Å². The van der Waals surface area contributed by atoms with Gasteiger partial charge in [0.1, 0.15) is 11.5 Å². The van der Waals surface area contributed by atoms with Crippen molar-refractivity contribution in [3.05, 3.63) is 64.0 Å². The van der Waals surface area contributed by atoms with Crippen LogP contribution < -0.4 is 4.74 Å². The molecule has 0 radical (unpaired) electrons. The van der Waals surface area contributed by atoms with Gasteiger partial charge in [0.05, 0.1) is 22.8 Å². The number of ether oxygens (including phenoxy) is 2. The Morgan fingerprint density at radius 1 is 1.12 bits per heavy atom. The number of aromatic nitrogens is 2. The predicted octanol–water partition coefficient (Wildman–Crippen LogP) is 6.18. The van der Waals surface area contributed by atoms with Gasteiger partial charge in [0, 0.05) is 30.5 Å². The van der Waals surface area contributed by atoms with Gasteiger partial charge in [0.25, 0.3) is 0 Å². The van der Waals surface area contributed by atoms with E-state index < -0.39 is 0 Å². The zero-order chi connectivity index (χ0) is 23.0. The van der Waals surface area contributed by atoms with Gasteiger partial charge in [-0.15, -0.1) is 0 Å². The first-order valence-corrected chi connectivity index (χ1v) is 12.0. The predicted molar refractivity (Wildman–Crippen MR) is 129 cm³/mol. The number of aliphatic hydroxyl groups is 1. The Labute approximate surface area is 200 Å². The van der Waals surface area contributed by atoms with Crippen LogP contribution in [0.2, 0.25) is 0 Å². The number of ketones is 1. The molecule has 2 aliphatic rings. The topological polar surface area (TPSA) is 81.5 Å². The summed E-state index contributed by atoms with van der Waals surface area (Å²) in [5.41, 5.74) is 3.46. The van der Waals surface area contributed by atoms with E-state index >= 15 is 0 Å². The molecule has 1 aromatic heterocycles. The van der Waals surface area contributed by atoms with Gasteiger partial charge in [-0.1, -0.05) is 28.9 Å². The van der Waals surface area contributed by atoms with E-state index in [0.717, 1.165) is 45.9 Å². The molecule has 3 aromatic rings. The number of halogens is 1. The van der Waals surface area contributed by atoms with Gasteiger partial charge in [-0.2, -0.15) is 0 Å². The zero-order valence-electron chi connectivity index (χ0n) is 18.4. The number of fused-ring (bicyclic) bond motifs is 1. The molecule has 170 valence electrons. The Morgan fingerprint density at radius 2 is 1.94 bits per heavy atom. The van der Waals surface area contributed by atoms with E-state index in [-0.39, 0.29) is 17.0 Å². The lowest BCUT2D eigenvalue weighted by atomic mass is 9.67. The number of carbonyl (C=O) groups excluding carboxylic acids is 1. The maximum absolute atomic E-state index is 13.3. The van der Waals surface area contributed by atoms with Crippen molar-refractivity contribution in [3.63, 3.8) is 0 Å². The van der Waals surface area contributed by atoms with Crippen molar-refractivity contribution < 1.29 is 19.4 Å². The third-order valence-corrected chi connectivity index (χ3v) is 7.13. The molecule has 5 rings (SSSR count). The smallest absolute Gasteiger partial charge is 0.238 e. The van der Waals surface area contributed by atoms with Gasteiger partial charge in [-0.25, -0.2) is 9.97 Å². The Morgan fingerprint density at radius 3 is 2.70 bits per heavy atom. The highest BCUT2D eigenvalue weighted by atomic mass is 79.9. The van der Waals surface area contributed by atoms with Gasteiger partial charge >= 0.3 is 0 Å². The summed E-state index contributed by atoms with van der Waals surface area (Å²) >= 11 is 3.45. The maximum atomic E-state index is 13.3. The molecular formula is C26H25BrN2O4. The number of carbonyl (C=O) groups is 1. The number of allylic oxidation sites excluding steroid dienone is 2. The lowest BCUT2D eigenvalue weighted by Crippen LogP contribution is -2.36. The van der Waals surface area contributed by atoms with Crippen LogP contribution >= 0.6 is 15.9 Å². The summed E-state index contributed by atoms with van der Waals surface area (Å²) in [6.45, 7) is 3.32. The van der Waals surface area contributed by atoms with Crippen LogP contribution in [0.4, 0.5) is 0 Å². The molecule has 1 saturated heterocycles. The third kappa shape index (κ3) is 4.39. The minimum absolute atomic E-state index is 0.0113. The van der Waals surface area contributed by atoms with Crippen molar-refractivity contribution in [2.24, 2.45) is 5.41 Å². The first kappa shape index (κ1) is 22.0. The summed E-state index contributed by atoms with van der Waals surface area (Å²) < 4.78 is 12.4. The molecule has 2 aromatic carbocycles. The van der Waals surface area contributed by atoms with Crippen molar-refractivity contribution in [1.29, 1.82) is 0 Å². The number of hydrogen-bond donors (Lipinski definition) is 1. The molecule has 0 bridgehead atoms. The van der Waals surface area contributed by atoms with Crippen LogP contribution in [0.15, 0.2) is 52.8 Å². The quantitative estimate of drug-likeness (QED) is 0.453. The van der Waals surface area contributed by atoms with Crippen molar-refractivity contribution in [2.75, 3.05) is 13.2 Å². The van der Waals surface area contributed by atoms with Gasteiger partial charge in [0.15, 0.2) is 5.78 Å². The second-order valence-corrected chi connectivity index (χ2v) is 9.74. The molecule has 0 saturated carbocycles. The molecule has 0 amide bonds. The summed E-state index contributed by atoms with van der Waals surface area (Å²) in [6, 6.07) is 11.3. The van der Waals surface area contributed by atoms with E-state index in [0.29, 0.717) is 43.3 Å². The molecule has 1 N–H and O–H groups in total. The summed E-state index contributed by atoms with van der Waals surface area (Å²) in [6.07, 6.45) is 4.88. The maximum Gasteiger partial charge on any atom is 0.238 e. The van der Waals surface area contributed by atoms with Crippen LogP contribution in [0.1, 0.15) is 43.7 Å². The van der Waals surface area contributed by atoms with E-state index in [4.69, 9.17) is 9.47 Å². The van der Waals surface area contributed by atoms with Crippen molar-refractivity contribution in [1.82, 2.24) is 9.97 Å². The fraction of sp³-hybridized carbons (Fsp3) is 0.346. The Hall–Kier alpha value is -2.77. The van der Waals surface area contributed by atoms with Crippen molar-refractivity contribution in [3.8, 4) is 11.6 Å². The molecule has 6 nitrogen and oxygen atoms in total. The average molecular weight is 509 g/mol. The molecule has 0 unspecified atom stereocenters. The number of aryl methyl sites for hydroxylation is 1. The van der Waals surface area contributed by atoms with Crippen LogP contribution in [0.25, 0.3) is 16.6 Å². The SMILES string of the molecule is CCc1ccc(Oc2cnc3ccc(Br)cc3n2)cc1C1=C(O)CC2(CCOCC2)CC1=O. The highest BCUT2D eigenvalue weighted by molar-refractivity contribution is 9.10. The monoisotopic (exact) mass is 508 g/mol. The number of aliphatic hydroxyl groups excluding tert-OH is 1. The Bertz CT molecular complexity index is 1260. The lowest BCUT2D eigenvalue weighted by molar-refractivity contribution is -0.118. The van der Waals surface area contributed by atoms with Crippen LogP contribution in [0.5, 0.6) is 11.6 Å². The molecule has 1 spiro atoms. The summed E-state index contributed by atoms with van der Waals surface area (Å²) in [7, 11) is 0. The van der Waals surface area contributed by atoms with E-state index in [1.807, 2.05) is 43.3 Å². The first-order valence-electron chi connectivity index (χ1n) is 11.2. The van der Waals surface area contributed by atoms with Crippen molar-refractivity contribution >= 4 is 38.3 Å². The second kappa shape index (κ2) is 8.88. The molecule has 7 heteroatoms. The van der Waals surface area contributed by atoms with Gasteiger partial charge < -0.3 is 14.6 Å². The molecule has 1 aliphatic carbocycles. The minimum Gasteiger partial charge on any atom is -0.512 e. The Kier molecular flexibility index (Phi) is 5.93. The number of rotatable bonds is 4. The lowest BCUT2D eigenvalue weighted by Gasteiger charge is -2.39.